The molecule has 0 bridgehead atoms. The molecule has 1 aliphatic rings. The number of hydrogen-bond donors (Lipinski definition) is 2. The summed E-state index contributed by atoms with van der Waals surface area (Å²) in [5, 5.41) is 11.5. The van der Waals surface area contributed by atoms with Crippen LogP contribution in [0.4, 0.5) is 0 Å². The Bertz CT molecular complexity index is 437. The molecule has 7 heteroatoms. The first-order valence-corrected chi connectivity index (χ1v) is 5.65. The Labute approximate surface area is 104 Å². The van der Waals surface area contributed by atoms with Gasteiger partial charge in [-0.25, -0.2) is 9.97 Å². The third kappa shape index (κ3) is 3.01. The minimum absolute atomic E-state index is 0.198. The van der Waals surface area contributed by atoms with Crippen LogP contribution in [-0.4, -0.2) is 51.0 Å². The summed E-state index contributed by atoms with van der Waals surface area (Å²) in [4.78, 5) is 32.2. The van der Waals surface area contributed by atoms with Gasteiger partial charge in [0.25, 0.3) is 0 Å². The lowest BCUT2D eigenvalue weighted by atomic mass is 10.1. The molecule has 1 aliphatic heterocycles. The van der Waals surface area contributed by atoms with Gasteiger partial charge in [0.2, 0.25) is 5.91 Å². The van der Waals surface area contributed by atoms with Gasteiger partial charge >= 0.3 is 5.97 Å². The molecule has 0 aromatic carbocycles. The van der Waals surface area contributed by atoms with E-state index in [2.05, 4.69) is 15.3 Å². The monoisotopic (exact) mass is 250 g/mol. The molecule has 1 saturated heterocycles. The van der Waals surface area contributed by atoms with E-state index in [0.29, 0.717) is 19.6 Å². The van der Waals surface area contributed by atoms with Crippen LogP contribution in [0.2, 0.25) is 0 Å². The van der Waals surface area contributed by atoms with Gasteiger partial charge in [-0.2, -0.15) is 0 Å². The summed E-state index contributed by atoms with van der Waals surface area (Å²) >= 11 is 0. The standard InChI is InChI=1S/C11H14N4O3/c16-10(17)5-9-11(18)13-3-4-15(9)6-8-1-2-12-7-14-8/h1-2,7,9H,3-6H2,(H,13,18)(H,16,17). The van der Waals surface area contributed by atoms with E-state index in [1.54, 1.807) is 12.3 Å². The molecule has 0 aliphatic carbocycles. The molecule has 2 heterocycles. The summed E-state index contributed by atoms with van der Waals surface area (Å²) in [5.41, 5.74) is 0.773. The molecule has 1 atom stereocenters. The normalized spacial score (nSPS) is 20.4. The highest BCUT2D eigenvalue weighted by molar-refractivity contribution is 5.86. The van der Waals surface area contributed by atoms with Crippen molar-refractivity contribution in [1.29, 1.82) is 0 Å². The summed E-state index contributed by atoms with van der Waals surface area (Å²) in [6.07, 6.45) is 2.86. The Morgan fingerprint density at radius 1 is 1.61 bits per heavy atom. The minimum Gasteiger partial charge on any atom is -0.481 e. The molecule has 1 aromatic heterocycles. The molecule has 1 unspecified atom stereocenters. The zero-order valence-electron chi connectivity index (χ0n) is 9.74. The molecule has 18 heavy (non-hydrogen) atoms. The Morgan fingerprint density at radius 2 is 2.44 bits per heavy atom. The Balaban J connectivity index is 2.08. The number of aromatic nitrogens is 2. The van der Waals surface area contributed by atoms with Crippen molar-refractivity contribution < 1.29 is 14.7 Å². The molecule has 0 spiro atoms. The summed E-state index contributed by atoms with van der Waals surface area (Å²) < 4.78 is 0. The van der Waals surface area contributed by atoms with Crippen molar-refractivity contribution in [2.75, 3.05) is 13.1 Å². The fourth-order valence-corrected chi connectivity index (χ4v) is 1.96. The van der Waals surface area contributed by atoms with E-state index in [-0.39, 0.29) is 12.3 Å². The highest BCUT2D eigenvalue weighted by atomic mass is 16.4. The van der Waals surface area contributed by atoms with Gasteiger partial charge in [-0.05, 0) is 6.07 Å². The van der Waals surface area contributed by atoms with Gasteiger partial charge in [0.1, 0.15) is 12.4 Å². The number of hydrogen-bond acceptors (Lipinski definition) is 5. The van der Waals surface area contributed by atoms with Crippen molar-refractivity contribution >= 4 is 11.9 Å². The third-order valence-corrected chi connectivity index (χ3v) is 2.82. The van der Waals surface area contributed by atoms with Crippen LogP contribution in [0.5, 0.6) is 0 Å². The lowest BCUT2D eigenvalue weighted by Crippen LogP contribution is -2.55. The second-order valence-corrected chi connectivity index (χ2v) is 4.08. The fourth-order valence-electron chi connectivity index (χ4n) is 1.96. The molecular formula is C11H14N4O3. The van der Waals surface area contributed by atoms with Crippen LogP contribution in [0.1, 0.15) is 12.1 Å². The van der Waals surface area contributed by atoms with Crippen LogP contribution >= 0.6 is 0 Å². The van der Waals surface area contributed by atoms with Gasteiger partial charge < -0.3 is 10.4 Å². The molecule has 2 N–H and O–H groups in total. The SMILES string of the molecule is O=C(O)CC1C(=O)NCCN1Cc1ccncn1. The first-order chi connectivity index (χ1) is 8.66. The lowest BCUT2D eigenvalue weighted by molar-refractivity contribution is -0.143. The van der Waals surface area contributed by atoms with Crippen LogP contribution in [0.15, 0.2) is 18.6 Å². The van der Waals surface area contributed by atoms with Gasteiger partial charge in [-0.15, -0.1) is 0 Å². The van der Waals surface area contributed by atoms with Crippen molar-refractivity contribution in [1.82, 2.24) is 20.2 Å². The van der Waals surface area contributed by atoms with Crippen LogP contribution in [0, 0.1) is 0 Å². The van der Waals surface area contributed by atoms with E-state index in [1.165, 1.54) is 6.33 Å². The molecule has 96 valence electrons. The van der Waals surface area contributed by atoms with E-state index in [4.69, 9.17) is 5.11 Å². The fraction of sp³-hybridized carbons (Fsp3) is 0.455. The molecule has 1 amide bonds. The quantitative estimate of drug-likeness (QED) is 0.730. The summed E-state index contributed by atoms with van der Waals surface area (Å²) in [7, 11) is 0. The number of carbonyl (C=O) groups excluding carboxylic acids is 1. The zero-order valence-corrected chi connectivity index (χ0v) is 9.74. The summed E-state index contributed by atoms with van der Waals surface area (Å²) in [6, 6.07) is 1.12. The molecule has 0 saturated carbocycles. The second kappa shape index (κ2) is 5.54. The molecular weight excluding hydrogens is 236 g/mol. The molecule has 2 rings (SSSR count). The zero-order chi connectivity index (χ0) is 13.0. The lowest BCUT2D eigenvalue weighted by Gasteiger charge is -2.33. The number of amides is 1. The summed E-state index contributed by atoms with van der Waals surface area (Å²) in [5.74, 6) is -1.22. The topological polar surface area (TPSA) is 95.4 Å². The number of rotatable bonds is 4. The number of piperazine rings is 1. The van der Waals surface area contributed by atoms with E-state index >= 15 is 0 Å². The first kappa shape index (κ1) is 12.4. The Morgan fingerprint density at radius 3 is 3.11 bits per heavy atom. The number of carbonyl (C=O) groups is 2. The molecule has 1 fully saturated rings. The predicted octanol–water partition coefficient (Wildman–Crippen LogP) is -0.748. The molecule has 0 radical (unpaired) electrons. The van der Waals surface area contributed by atoms with Crippen molar-refractivity contribution in [2.45, 2.75) is 19.0 Å². The van der Waals surface area contributed by atoms with Crippen LogP contribution in [0.25, 0.3) is 0 Å². The maximum Gasteiger partial charge on any atom is 0.305 e. The first-order valence-electron chi connectivity index (χ1n) is 5.65. The number of carboxylic acids is 1. The number of nitrogens with one attached hydrogen (secondary N) is 1. The number of nitrogens with zero attached hydrogens (tertiary/aromatic N) is 3. The minimum atomic E-state index is -0.982. The molecule has 7 nitrogen and oxygen atoms in total. The van der Waals surface area contributed by atoms with Crippen molar-refractivity contribution in [3.05, 3.63) is 24.3 Å². The van der Waals surface area contributed by atoms with E-state index in [9.17, 15) is 9.59 Å². The maximum absolute atomic E-state index is 11.7. The van der Waals surface area contributed by atoms with Crippen LogP contribution in [-0.2, 0) is 16.1 Å². The van der Waals surface area contributed by atoms with Gasteiger partial charge in [-0.3, -0.25) is 14.5 Å². The van der Waals surface area contributed by atoms with Crippen molar-refractivity contribution in [2.24, 2.45) is 0 Å². The van der Waals surface area contributed by atoms with Crippen molar-refractivity contribution in [3.8, 4) is 0 Å². The van der Waals surface area contributed by atoms with Crippen LogP contribution in [0.3, 0.4) is 0 Å². The smallest absolute Gasteiger partial charge is 0.305 e. The second-order valence-electron chi connectivity index (χ2n) is 4.08. The number of carboxylic acid groups (broad SMARTS) is 1. The third-order valence-electron chi connectivity index (χ3n) is 2.82. The molecule has 1 aromatic rings. The maximum atomic E-state index is 11.7. The van der Waals surface area contributed by atoms with Crippen LogP contribution < -0.4 is 5.32 Å². The Kier molecular flexibility index (Phi) is 3.83. The largest absolute Gasteiger partial charge is 0.481 e. The van der Waals surface area contributed by atoms with Gasteiger partial charge in [0, 0.05) is 25.8 Å². The summed E-state index contributed by atoms with van der Waals surface area (Å²) in [6.45, 7) is 1.60. The van der Waals surface area contributed by atoms with Gasteiger partial charge in [0.15, 0.2) is 0 Å². The van der Waals surface area contributed by atoms with E-state index in [1.807, 2.05) is 4.90 Å². The Hall–Kier alpha value is -2.02. The van der Waals surface area contributed by atoms with E-state index < -0.39 is 12.0 Å². The van der Waals surface area contributed by atoms with Crippen molar-refractivity contribution in [3.63, 3.8) is 0 Å². The highest BCUT2D eigenvalue weighted by Gasteiger charge is 2.31. The highest BCUT2D eigenvalue weighted by Crippen LogP contribution is 2.12. The average molecular weight is 250 g/mol. The van der Waals surface area contributed by atoms with Gasteiger partial charge in [0.05, 0.1) is 12.1 Å². The van der Waals surface area contributed by atoms with E-state index in [0.717, 1.165) is 5.69 Å². The average Bonchev–Trinajstić information content (AvgIpc) is 2.34. The van der Waals surface area contributed by atoms with Gasteiger partial charge in [-0.1, -0.05) is 0 Å². The number of aliphatic carboxylic acids is 1. The predicted molar refractivity (Wildman–Crippen MR) is 61.5 cm³/mol.